The van der Waals surface area contributed by atoms with Crippen LogP contribution in [0.15, 0.2) is 0 Å². The van der Waals surface area contributed by atoms with Crippen LogP contribution in [0.3, 0.4) is 0 Å². The van der Waals surface area contributed by atoms with Gasteiger partial charge in [-0.05, 0) is 6.42 Å². The number of unbranched alkanes of at least 4 members (excludes halogenated alkanes) is 3. The molecule has 3 N–H and O–H groups in total. The van der Waals surface area contributed by atoms with Crippen molar-refractivity contribution in [2.24, 2.45) is 0 Å². The summed E-state index contributed by atoms with van der Waals surface area (Å²) in [6.45, 7) is 3.79. The van der Waals surface area contributed by atoms with Gasteiger partial charge >= 0.3 is 6.05 Å². The first kappa shape index (κ1) is 21.5. The molecule has 0 rings (SSSR count). The van der Waals surface area contributed by atoms with Gasteiger partial charge in [0.1, 0.15) is 0 Å². The standard InChI is InChI=1S/C7H14O2.C2H5F2NO.CH4O/c1-2-3-4-5-6-9-7-8;1-2(3,4)5-6;1-2/h7H,2-6H2,1H3;5-6H,1H3;2H,1H3. The van der Waals surface area contributed by atoms with Crippen molar-refractivity contribution < 1.29 is 28.6 Å². The number of aliphatic hydroxyl groups excluding tert-OH is 1. The van der Waals surface area contributed by atoms with Gasteiger partial charge in [-0.15, -0.1) is 5.48 Å². The second-order valence-electron chi connectivity index (χ2n) is 3.03. The van der Waals surface area contributed by atoms with E-state index in [1.807, 2.05) is 0 Å². The molecule has 7 heteroatoms. The Kier molecular flexibility index (Phi) is 22.2. The topological polar surface area (TPSA) is 78.8 Å². The molecule has 17 heavy (non-hydrogen) atoms. The number of nitrogens with one attached hydrogen (secondary N) is 1. The Morgan fingerprint density at radius 3 is 2.06 bits per heavy atom. The molecule has 0 radical (unpaired) electrons. The summed E-state index contributed by atoms with van der Waals surface area (Å²) >= 11 is 0. The minimum Gasteiger partial charge on any atom is -0.468 e. The molecule has 0 bridgehead atoms. The summed E-state index contributed by atoms with van der Waals surface area (Å²) in [6.07, 6.45) is 4.64. The lowest BCUT2D eigenvalue weighted by atomic mass is 10.2. The second kappa shape index (κ2) is 17.6. The van der Waals surface area contributed by atoms with E-state index in [1.165, 1.54) is 19.3 Å². The number of hydrogen-bond donors (Lipinski definition) is 3. The first-order valence-corrected chi connectivity index (χ1v) is 5.27. The summed E-state index contributed by atoms with van der Waals surface area (Å²) in [7, 11) is 1.00. The predicted octanol–water partition coefficient (Wildman–Crippen LogP) is 1.93. The van der Waals surface area contributed by atoms with Gasteiger partial charge in [0.25, 0.3) is 6.47 Å². The third kappa shape index (κ3) is 39.4. The largest absolute Gasteiger partial charge is 0.468 e. The zero-order valence-corrected chi connectivity index (χ0v) is 10.6. The molecule has 0 aromatic carbocycles. The maximum Gasteiger partial charge on any atom is 0.320 e. The molecule has 0 aliphatic carbocycles. The van der Waals surface area contributed by atoms with E-state index in [2.05, 4.69) is 11.7 Å². The molecule has 0 saturated carbocycles. The summed E-state index contributed by atoms with van der Waals surface area (Å²) in [4.78, 5) is 9.62. The average Bonchev–Trinajstić information content (AvgIpc) is 2.32. The fraction of sp³-hybridized carbons (Fsp3) is 0.900. The third-order valence-corrected chi connectivity index (χ3v) is 1.38. The van der Waals surface area contributed by atoms with Gasteiger partial charge < -0.3 is 15.1 Å². The van der Waals surface area contributed by atoms with Gasteiger partial charge in [0, 0.05) is 14.0 Å². The van der Waals surface area contributed by atoms with Crippen LogP contribution < -0.4 is 5.48 Å². The quantitative estimate of drug-likeness (QED) is 0.282. The van der Waals surface area contributed by atoms with Crippen LogP contribution in [0.5, 0.6) is 0 Å². The molecule has 0 saturated heterocycles. The Morgan fingerprint density at radius 1 is 1.29 bits per heavy atom. The van der Waals surface area contributed by atoms with Crippen LogP contribution in [0.4, 0.5) is 8.78 Å². The number of alkyl halides is 2. The molecular weight excluding hydrogens is 236 g/mol. The third-order valence-electron chi connectivity index (χ3n) is 1.38. The van der Waals surface area contributed by atoms with Crippen molar-refractivity contribution in [3.05, 3.63) is 0 Å². The first-order valence-electron chi connectivity index (χ1n) is 5.27. The highest BCUT2D eigenvalue weighted by Crippen LogP contribution is 2.02. The maximum absolute atomic E-state index is 11.1. The molecule has 0 aromatic rings. The summed E-state index contributed by atoms with van der Waals surface area (Å²) in [5, 5.41) is 14.4. The van der Waals surface area contributed by atoms with Crippen LogP contribution >= 0.6 is 0 Å². The Hall–Kier alpha value is -0.790. The fourth-order valence-electron chi connectivity index (χ4n) is 0.660. The highest BCUT2D eigenvalue weighted by molar-refractivity contribution is 5.36. The van der Waals surface area contributed by atoms with Crippen molar-refractivity contribution in [3.8, 4) is 0 Å². The molecule has 0 atom stereocenters. The molecule has 0 unspecified atom stereocenters. The molecule has 0 heterocycles. The molecule has 106 valence electrons. The molecule has 5 nitrogen and oxygen atoms in total. The van der Waals surface area contributed by atoms with Gasteiger partial charge in [-0.2, -0.15) is 8.78 Å². The van der Waals surface area contributed by atoms with E-state index < -0.39 is 6.05 Å². The monoisotopic (exact) mass is 259 g/mol. The summed E-state index contributed by atoms with van der Waals surface area (Å²) in [6, 6.07) is -3.15. The Labute approximate surface area is 101 Å². The van der Waals surface area contributed by atoms with Crippen molar-refractivity contribution in [1.29, 1.82) is 0 Å². The van der Waals surface area contributed by atoms with Crippen LogP contribution in [-0.4, -0.2) is 36.5 Å². The molecule has 0 aliphatic heterocycles. The number of hydroxylamine groups is 1. The van der Waals surface area contributed by atoms with Gasteiger partial charge in [0.2, 0.25) is 0 Å². The predicted molar refractivity (Wildman–Crippen MR) is 59.8 cm³/mol. The number of aliphatic hydroxyl groups is 1. The van der Waals surface area contributed by atoms with Crippen molar-refractivity contribution in [2.45, 2.75) is 45.6 Å². The van der Waals surface area contributed by atoms with Gasteiger partial charge in [-0.25, -0.2) is 0 Å². The number of carbonyl (C=O) groups excluding carboxylic acids is 1. The van der Waals surface area contributed by atoms with Crippen LogP contribution in [0.1, 0.15) is 39.5 Å². The molecule has 0 aromatic heterocycles. The number of rotatable bonds is 7. The van der Waals surface area contributed by atoms with E-state index in [0.717, 1.165) is 19.0 Å². The van der Waals surface area contributed by atoms with Gasteiger partial charge in [0.15, 0.2) is 0 Å². The van der Waals surface area contributed by atoms with E-state index in [0.29, 0.717) is 20.0 Å². The molecule has 0 amide bonds. The zero-order valence-electron chi connectivity index (χ0n) is 10.6. The van der Waals surface area contributed by atoms with Crippen molar-refractivity contribution >= 4 is 6.47 Å². The number of halogens is 2. The van der Waals surface area contributed by atoms with Crippen LogP contribution in [0, 0.1) is 0 Å². The average molecular weight is 259 g/mol. The van der Waals surface area contributed by atoms with Crippen LogP contribution in [0.25, 0.3) is 0 Å². The normalized spacial score (nSPS) is 9.35. The Bertz CT molecular complexity index is 143. The minimum atomic E-state index is -3.15. The number of ether oxygens (including phenoxy) is 1. The molecule has 0 fully saturated rings. The molecule has 0 spiro atoms. The highest BCUT2D eigenvalue weighted by atomic mass is 19.3. The molecular formula is C10H23F2NO4. The first-order chi connectivity index (χ1) is 7.97. The van der Waals surface area contributed by atoms with Gasteiger partial charge in [-0.1, -0.05) is 26.2 Å². The SMILES string of the molecule is CC(F)(F)NO.CCCCCCOC=O.CO. The van der Waals surface area contributed by atoms with Crippen LogP contribution in [0.2, 0.25) is 0 Å². The van der Waals surface area contributed by atoms with Crippen LogP contribution in [-0.2, 0) is 9.53 Å². The van der Waals surface area contributed by atoms with E-state index in [4.69, 9.17) is 10.3 Å². The second-order valence-corrected chi connectivity index (χ2v) is 3.03. The minimum absolute atomic E-state index is 0.506. The summed E-state index contributed by atoms with van der Waals surface area (Å²) in [5.41, 5.74) is 0.771. The fourth-order valence-corrected chi connectivity index (χ4v) is 0.660. The van der Waals surface area contributed by atoms with Gasteiger partial charge in [0.05, 0.1) is 6.61 Å². The summed E-state index contributed by atoms with van der Waals surface area (Å²) in [5.74, 6) is 0. The van der Waals surface area contributed by atoms with E-state index in [-0.39, 0.29) is 0 Å². The molecule has 0 aliphatic rings. The lowest BCUT2D eigenvalue weighted by Crippen LogP contribution is -2.28. The van der Waals surface area contributed by atoms with Crippen molar-refractivity contribution in [1.82, 2.24) is 5.48 Å². The number of carbonyl (C=O) groups is 1. The smallest absolute Gasteiger partial charge is 0.320 e. The maximum atomic E-state index is 11.1. The van der Waals surface area contributed by atoms with Crippen molar-refractivity contribution in [3.63, 3.8) is 0 Å². The number of hydrogen-bond acceptors (Lipinski definition) is 5. The highest BCUT2D eigenvalue weighted by Gasteiger charge is 2.16. The van der Waals surface area contributed by atoms with E-state index >= 15 is 0 Å². The van der Waals surface area contributed by atoms with E-state index in [9.17, 15) is 13.6 Å². The lowest BCUT2D eigenvalue weighted by molar-refractivity contribution is -0.128. The van der Waals surface area contributed by atoms with Crippen molar-refractivity contribution in [2.75, 3.05) is 13.7 Å². The van der Waals surface area contributed by atoms with E-state index in [1.54, 1.807) is 0 Å². The zero-order chi connectivity index (χ0) is 14.2. The Morgan fingerprint density at radius 2 is 1.76 bits per heavy atom. The Balaban J connectivity index is -0.000000213. The lowest BCUT2D eigenvalue weighted by Gasteiger charge is -2.02. The van der Waals surface area contributed by atoms with Gasteiger partial charge in [-0.3, -0.25) is 4.79 Å². The summed E-state index contributed by atoms with van der Waals surface area (Å²) < 4.78 is 26.7.